The van der Waals surface area contributed by atoms with E-state index in [0.717, 1.165) is 28.0 Å². The van der Waals surface area contributed by atoms with Gasteiger partial charge in [0.05, 0.1) is 27.2 Å². The molecule has 3 rings (SSSR count). The average Bonchev–Trinajstić information content (AvgIpc) is 3.13. The Hall–Kier alpha value is -2.92. The molecule has 0 saturated carbocycles. The van der Waals surface area contributed by atoms with Crippen molar-refractivity contribution in [2.75, 3.05) is 5.32 Å². The summed E-state index contributed by atoms with van der Waals surface area (Å²) < 4.78 is 40.1. The number of carbonyl (C=O) groups is 2. The van der Waals surface area contributed by atoms with Gasteiger partial charge in [-0.25, -0.2) is 9.78 Å². The normalized spacial score (nSPS) is 12.7. The molecule has 32 heavy (non-hydrogen) atoms. The van der Waals surface area contributed by atoms with Gasteiger partial charge in [0, 0.05) is 11.8 Å². The summed E-state index contributed by atoms with van der Waals surface area (Å²) in [5.41, 5.74) is -2.21. The Morgan fingerprint density at radius 1 is 1.34 bits per heavy atom. The predicted molar refractivity (Wildman–Crippen MR) is 115 cm³/mol. The van der Waals surface area contributed by atoms with Gasteiger partial charge in [-0.05, 0) is 31.5 Å². The topological polar surface area (TPSA) is 101 Å². The number of nitrogens with one attached hydrogen (secondary N) is 1. The Morgan fingerprint density at radius 3 is 2.62 bits per heavy atom. The summed E-state index contributed by atoms with van der Waals surface area (Å²) in [4.78, 5) is 42.1. The molecule has 0 bridgehead atoms. The van der Waals surface area contributed by atoms with Crippen LogP contribution in [-0.4, -0.2) is 26.5 Å². The smallest absolute Gasteiger partial charge is 0.416 e. The van der Waals surface area contributed by atoms with Crippen molar-refractivity contribution in [3.05, 3.63) is 55.9 Å². The van der Waals surface area contributed by atoms with Gasteiger partial charge < -0.3 is 10.4 Å². The van der Waals surface area contributed by atoms with Gasteiger partial charge in [-0.15, -0.1) is 11.3 Å². The maximum atomic E-state index is 13.2. The number of benzene rings is 1. The van der Waals surface area contributed by atoms with Crippen LogP contribution < -0.4 is 10.9 Å². The molecule has 1 amide bonds. The number of carboxylic acids is 1. The number of aryl methyl sites for hydroxylation is 1. The number of thiophene rings is 1. The molecule has 2 heterocycles. The molecule has 12 heteroatoms. The molecule has 0 spiro atoms. The number of amides is 1. The zero-order valence-electron chi connectivity index (χ0n) is 16.8. The van der Waals surface area contributed by atoms with E-state index in [4.69, 9.17) is 11.6 Å². The zero-order chi connectivity index (χ0) is 23.8. The Kier molecular flexibility index (Phi) is 6.61. The second-order valence-corrected chi connectivity index (χ2v) is 8.21. The van der Waals surface area contributed by atoms with Gasteiger partial charge in [0.25, 0.3) is 5.56 Å². The highest BCUT2D eigenvalue weighted by atomic mass is 35.5. The van der Waals surface area contributed by atoms with Crippen LogP contribution in [0, 0.1) is 0 Å². The molecule has 0 saturated heterocycles. The van der Waals surface area contributed by atoms with Crippen LogP contribution in [0.5, 0.6) is 0 Å². The molecular formula is C20H17ClF3N3O4S. The molecule has 1 aromatic carbocycles. The van der Waals surface area contributed by atoms with Crippen LogP contribution in [0.4, 0.5) is 18.9 Å². The third-order valence-electron chi connectivity index (χ3n) is 4.74. The van der Waals surface area contributed by atoms with E-state index in [0.29, 0.717) is 18.9 Å². The standard InChI is InChI=1S/C20H17ClF3N3O4S/c1-3-4-14-26-17-15(11(8-32-17)19(30)31)18(29)27(14)9(2)16(28)25-13-7-10(20(22,23)24)5-6-12(13)21/h5-9H,3-4H2,1-2H3,(H,25,28)(H,30,31). The van der Waals surface area contributed by atoms with Crippen LogP contribution in [0.2, 0.25) is 5.02 Å². The van der Waals surface area contributed by atoms with Gasteiger partial charge in [-0.2, -0.15) is 13.2 Å². The number of halogens is 4. The fourth-order valence-electron chi connectivity index (χ4n) is 3.15. The molecule has 2 aromatic heterocycles. The summed E-state index contributed by atoms with van der Waals surface area (Å²) in [6.07, 6.45) is -3.72. The first-order chi connectivity index (χ1) is 15.0. The highest BCUT2D eigenvalue weighted by Gasteiger charge is 2.31. The molecular weight excluding hydrogens is 471 g/mol. The lowest BCUT2D eigenvalue weighted by Gasteiger charge is -2.20. The van der Waals surface area contributed by atoms with Crippen LogP contribution >= 0.6 is 22.9 Å². The van der Waals surface area contributed by atoms with E-state index in [-0.39, 0.29) is 32.3 Å². The largest absolute Gasteiger partial charge is 0.478 e. The number of alkyl halides is 3. The zero-order valence-corrected chi connectivity index (χ0v) is 18.4. The van der Waals surface area contributed by atoms with E-state index in [1.807, 2.05) is 6.92 Å². The number of nitrogens with zero attached hydrogens (tertiary/aromatic N) is 2. The number of anilines is 1. The van der Waals surface area contributed by atoms with E-state index >= 15 is 0 Å². The van der Waals surface area contributed by atoms with Gasteiger partial charge >= 0.3 is 12.1 Å². The SMILES string of the molecule is CCCc1nc2scc(C(=O)O)c2c(=O)n1C(C)C(=O)Nc1cc(C(F)(F)F)ccc1Cl. The minimum absolute atomic E-state index is 0.112. The van der Waals surface area contributed by atoms with Crippen LogP contribution in [0.3, 0.4) is 0 Å². The van der Waals surface area contributed by atoms with Gasteiger partial charge in [-0.3, -0.25) is 14.2 Å². The van der Waals surface area contributed by atoms with Crippen LogP contribution in [0.1, 0.15) is 48.1 Å². The molecule has 1 unspecified atom stereocenters. The summed E-state index contributed by atoms with van der Waals surface area (Å²) in [5, 5.41) is 12.8. The van der Waals surface area contributed by atoms with E-state index < -0.39 is 35.2 Å². The minimum atomic E-state index is -4.64. The Labute approximate surface area is 188 Å². The molecule has 170 valence electrons. The third kappa shape index (κ3) is 4.49. The minimum Gasteiger partial charge on any atom is -0.478 e. The third-order valence-corrected chi connectivity index (χ3v) is 5.94. The first-order valence-electron chi connectivity index (χ1n) is 9.39. The Balaban J connectivity index is 2.07. The molecule has 2 N–H and O–H groups in total. The van der Waals surface area contributed by atoms with Crippen molar-refractivity contribution < 1.29 is 27.9 Å². The van der Waals surface area contributed by atoms with Crippen molar-refractivity contribution in [3.63, 3.8) is 0 Å². The highest BCUT2D eigenvalue weighted by molar-refractivity contribution is 7.17. The molecule has 1 atom stereocenters. The van der Waals surface area contributed by atoms with Crippen molar-refractivity contribution >= 4 is 50.7 Å². The first kappa shape index (κ1) is 23.7. The van der Waals surface area contributed by atoms with Crippen molar-refractivity contribution in [1.82, 2.24) is 9.55 Å². The predicted octanol–water partition coefficient (Wildman–Crippen LogP) is 4.98. The number of carboxylic acid groups (broad SMARTS) is 1. The maximum absolute atomic E-state index is 13.2. The monoisotopic (exact) mass is 487 g/mol. The lowest BCUT2D eigenvalue weighted by molar-refractivity contribution is -0.137. The van der Waals surface area contributed by atoms with E-state index in [2.05, 4.69) is 10.3 Å². The quantitative estimate of drug-likeness (QED) is 0.510. The molecule has 0 fully saturated rings. The summed E-state index contributed by atoms with van der Waals surface area (Å²) in [7, 11) is 0. The average molecular weight is 488 g/mol. The molecule has 0 aliphatic rings. The van der Waals surface area contributed by atoms with Crippen molar-refractivity contribution in [2.24, 2.45) is 0 Å². The molecule has 3 aromatic rings. The Bertz CT molecular complexity index is 1270. The van der Waals surface area contributed by atoms with Gasteiger partial charge in [-0.1, -0.05) is 18.5 Å². The van der Waals surface area contributed by atoms with Crippen molar-refractivity contribution in [2.45, 2.75) is 38.9 Å². The van der Waals surface area contributed by atoms with Crippen LogP contribution in [0.25, 0.3) is 10.2 Å². The van der Waals surface area contributed by atoms with E-state index in [1.54, 1.807) is 0 Å². The second-order valence-electron chi connectivity index (χ2n) is 6.95. The van der Waals surface area contributed by atoms with Crippen LogP contribution in [0.15, 0.2) is 28.4 Å². The summed E-state index contributed by atoms with van der Waals surface area (Å²) >= 11 is 6.95. The molecule has 0 aliphatic carbocycles. The first-order valence-corrected chi connectivity index (χ1v) is 10.6. The number of aromatic carboxylic acids is 1. The fraction of sp³-hybridized carbons (Fsp3) is 0.300. The summed E-state index contributed by atoms with van der Waals surface area (Å²) in [6.45, 7) is 3.21. The highest BCUT2D eigenvalue weighted by Crippen LogP contribution is 2.34. The lowest BCUT2D eigenvalue weighted by Crippen LogP contribution is -2.35. The fourth-order valence-corrected chi connectivity index (χ4v) is 4.24. The molecule has 0 radical (unpaired) electrons. The summed E-state index contributed by atoms with van der Waals surface area (Å²) in [5.74, 6) is -1.85. The number of hydrogen-bond donors (Lipinski definition) is 2. The maximum Gasteiger partial charge on any atom is 0.416 e. The van der Waals surface area contributed by atoms with Gasteiger partial charge in [0.2, 0.25) is 5.91 Å². The number of carbonyl (C=O) groups excluding carboxylic acids is 1. The number of aromatic nitrogens is 2. The van der Waals surface area contributed by atoms with Crippen molar-refractivity contribution in [3.8, 4) is 0 Å². The second kappa shape index (κ2) is 8.91. The van der Waals surface area contributed by atoms with Crippen molar-refractivity contribution in [1.29, 1.82) is 0 Å². The number of hydrogen-bond acceptors (Lipinski definition) is 5. The number of rotatable bonds is 6. The molecule has 7 nitrogen and oxygen atoms in total. The Morgan fingerprint density at radius 2 is 2.03 bits per heavy atom. The van der Waals surface area contributed by atoms with Crippen LogP contribution in [-0.2, 0) is 17.4 Å². The lowest BCUT2D eigenvalue weighted by atomic mass is 10.1. The van der Waals surface area contributed by atoms with Gasteiger partial charge in [0.1, 0.15) is 16.7 Å². The summed E-state index contributed by atoms with van der Waals surface area (Å²) in [6, 6.07) is 1.30. The number of fused-ring (bicyclic) bond motifs is 1. The van der Waals surface area contributed by atoms with E-state index in [9.17, 15) is 32.7 Å². The van der Waals surface area contributed by atoms with Gasteiger partial charge in [0.15, 0.2) is 0 Å². The van der Waals surface area contributed by atoms with E-state index in [1.165, 1.54) is 12.3 Å². The molecule has 0 aliphatic heterocycles.